The summed E-state index contributed by atoms with van der Waals surface area (Å²) in [6.07, 6.45) is -0.0571. The lowest BCUT2D eigenvalue weighted by atomic mass is 9.93. The lowest BCUT2D eigenvalue weighted by Gasteiger charge is -2.39. The molecule has 3 aromatic carbocycles. The Hall–Kier alpha value is -4.31. The number of hydrogen-bond donors (Lipinski definition) is 1. The molecule has 0 bridgehead atoms. The molecule has 0 radical (unpaired) electrons. The average Bonchev–Trinajstić information content (AvgIpc) is 3.02. The lowest BCUT2D eigenvalue weighted by molar-refractivity contribution is -0.147. The number of hydrogen-bond acceptors (Lipinski definition) is 8. The molecule has 1 amide bonds. The maximum Gasteiger partial charge on any atom is 0.411 e. The number of fused-ring (bicyclic) bond motifs is 1. The first-order valence-corrected chi connectivity index (χ1v) is 19.3. The van der Waals surface area contributed by atoms with Gasteiger partial charge in [0.2, 0.25) is 0 Å². The van der Waals surface area contributed by atoms with E-state index in [-0.39, 0.29) is 30.2 Å². The highest BCUT2D eigenvalue weighted by molar-refractivity contribution is 6.74. The van der Waals surface area contributed by atoms with Crippen LogP contribution in [0.1, 0.15) is 75.0 Å². The van der Waals surface area contributed by atoms with Crippen LogP contribution in [0.4, 0.5) is 10.5 Å². The fourth-order valence-corrected chi connectivity index (χ4v) is 6.08. The number of nitrogens with zero attached hydrogens (tertiary/aromatic N) is 1. The van der Waals surface area contributed by atoms with Gasteiger partial charge in [-0.25, -0.2) is 9.59 Å². The Morgan fingerprint density at radius 2 is 1.58 bits per heavy atom. The zero-order valence-electron chi connectivity index (χ0n) is 29.8. The summed E-state index contributed by atoms with van der Waals surface area (Å²) in [6, 6.07) is 20.2. The van der Waals surface area contributed by atoms with Crippen LogP contribution >= 0.6 is 0 Å². The highest BCUT2D eigenvalue weighted by Crippen LogP contribution is 2.41. The van der Waals surface area contributed by atoms with Crippen LogP contribution in [0.15, 0.2) is 66.7 Å². The van der Waals surface area contributed by atoms with E-state index in [0.29, 0.717) is 30.2 Å². The van der Waals surface area contributed by atoms with Crippen LogP contribution in [-0.4, -0.2) is 56.4 Å². The first kappa shape index (κ1) is 36.5. The molecule has 1 aliphatic rings. The van der Waals surface area contributed by atoms with E-state index in [1.54, 1.807) is 32.9 Å². The van der Waals surface area contributed by atoms with Crippen LogP contribution in [0.2, 0.25) is 18.1 Å². The highest BCUT2D eigenvalue weighted by Gasteiger charge is 2.41. The van der Waals surface area contributed by atoms with E-state index < -0.39 is 32.0 Å². The van der Waals surface area contributed by atoms with E-state index in [0.717, 1.165) is 22.4 Å². The van der Waals surface area contributed by atoms with Gasteiger partial charge < -0.3 is 24.0 Å². The number of nitrogens with one attached hydrogen (secondary N) is 1. The van der Waals surface area contributed by atoms with Gasteiger partial charge in [-0.2, -0.15) is 0 Å². The van der Waals surface area contributed by atoms with E-state index in [1.807, 2.05) is 54.6 Å². The number of carbonyl (C=O) groups excluding carboxylic acids is 3. The summed E-state index contributed by atoms with van der Waals surface area (Å²) in [5.74, 6) is 0.851. The minimum atomic E-state index is -2.28. The Labute approximate surface area is 286 Å². The van der Waals surface area contributed by atoms with Crippen LogP contribution < -0.4 is 14.5 Å². The number of anilines is 1. The fraction of sp³-hybridized carbons (Fsp3) is 0.447. The number of ether oxygens (including phenoxy) is 3. The molecule has 1 atom stereocenters. The molecule has 1 heterocycles. The number of esters is 1. The van der Waals surface area contributed by atoms with E-state index >= 15 is 0 Å². The third-order valence-corrected chi connectivity index (χ3v) is 13.1. The molecular formula is C38H50N2O7Si. The van der Waals surface area contributed by atoms with Gasteiger partial charge in [0.1, 0.15) is 29.7 Å². The quantitative estimate of drug-likeness (QED) is 0.123. The Balaban J connectivity index is 1.52. The molecule has 10 heteroatoms. The Kier molecular flexibility index (Phi) is 11.3. The van der Waals surface area contributed by atoms with E-state index in [1.165, 1.54) is 12.0 Å². The Bertz CT molecular complexity index is 1590. The van der Waals surface area contributed by atoms with E-state index in [9.17, 15) is 14.4 Å². The van der Waals surface area contributed by atoms with Crippen molar-refractivity contribution in [1.29, 1.82) is 0 Å². The van der Waals surface area contributed by atoms with Gasteiger partial charge in [0, 0.05) is 24.9 Å². The summed E-state index contributed by atoms with van der Waals surface area (Å²) in [6.45, 7) is 17.2. The number of Topliss-reactive ketones (excluding diaryl/α,β-unsaturated/α-hetero) is 1. The normalized spacial score (nSPS) is 14.9. The Morgan fingerprint density at radius 1 is 0.917 bits per heavy atom. The number of ketones is 1. The molecule has 1 N–H and O–H groups in total. The average molecular weight is 675 g/mol. The standard InChI is InChI=1S/C38H50N2O7Si/c1-37(2,3)46-36(43)40-24-29-23-34(47-48(8,9)38(4,5)6)31(21-28(29)22-32(40)35(42)44-7)39-20-19-33(41)27-15-17-30(18-16-27)45-25-26-13-11-10-12-14-26/h10-18,21,23,32,39H,19-20,22,24-25H2,1-9H3/t32-/m0/s1. The van der Waals surface area contributed by atoms with Gasteiger partial charge >= 0.3 is 12.1 Å². The minimum Gasteiger partial charge on any atom is -0.542 e. The van der Waals surface area contributed by atoms with Gasteiger partial charge in [0.15, 0.2) is 5.78 Å². The van der Waals surface area contributed by atoms with Crippen LogP contribution in [0, 0.1) is 0 Å². The summed E-state index contributed by atoms with van der Waals surface area (Å²) < 4.78 is 23.4. The van der Waals surface area contributed by atoms with Gasteiger partial charge in [-0.15, -0.1) is 0 Å². The maximum absolute atomic E-state index is 13.2. The van der Waals surface area contributed by atoms with Gasteiger partial charge in [-0.3, -0.25) is 9.69 Å². The molecule has 1 aliphatic heterocycles. The van der Waals surface area contributed by atoms with E-state index in [2.05, 4.69) is 39.2 Å². The molecule has 0 unspecified atom stereocenters. The number of rotatable bonds is 11. The molecule has 0 fully saturated rings. The third kappa shape index (κ3) is 9.40. The molecule has 0 spiro atoms. The lowest BCUT2D eigenvalue weighted by Crippen LogP contribution is -2.50. The second-order valence-electron chi connectivity index (χ2n) is 14.7. The zero-order chi connectivity index (χ0) is 35.3. The van der Waals surface area contributed by atoms with Crippen molar-refractivity contribution in [2.75, 3.05) is 19.0 Å². The van der Waals surface area contributed by atoms with Crippen molar-refractivity contribution in [2.24, 2.45) is 0 Å². The first-order chi connectivity index (χ1) is 22.5. The highest BCUT2D eigenvalue weighted by atomic mass is 28.4. The zero-order valence-corrected chi connectivity index (χ0v) is 30.8. The van der Waals surface area contributed by atoms with Crippen molar-refractivity contribution >= 4 is 31.9 Å². The molecule has 4 rings (SSSR count). The largest absolute Gasteiger partial charge is 0.542 e. The molecule has 9 nitrogen and oxygen atoms in total. The molecule has 3 aromatic rings. The van der Waals surface area contributed by atoms with Gasteiger partial charge in [-0.1, -0.05) is 51.1 Å². The van der Waals surface area contributed by atoms with Gasteiger partial charge in [0.05, 0.1) is 19.3 Å². The first-order valence-electron chi connectivity index (χ1n) is 16.4. The maximum atomic E-state index is 13.2. The summed E-state index contributed by atoms with van der Waals surface area (Å²) in [4.78, 5) is 40.7. The second-order valence-corrected chi connectivity index (χ2v) is 19.5. The summed E-state index contributed by atoms with van der Waals surface area (Å²) >= 11 is 0. The summed E-state index contributed by atoms with van der Waals surface area (Å²) in [7, 11) is -0.960. The van der Waals surface area contributed by atoms with Crippen molar-refractivity contribution in [3.63, 3.8) is 0 Å². The van der Waals surface area contributed by atoms with Crippen molar-refractivity contribution in [3.8, 4) is 11.5 Å². The van der Waals surface area contributed by atoms with Crippen molar-refractivity contribution in [3.05, 3.63) is 89.0 Å². The smallest absolute Gasteiger partial charge is 0.411 e. The molecule has 0 aliphatic carbocycles. The number of amides is 1. The molecule has 258 valence electrons. The molecule has 48 heavy (non-hydrogen) atoms. The van der Waals surface area contributed by atoms with Crippen molar-refractivity contribution in [2.45, 2.75) is 97.3 Å². The Morgan fingerprint density at radius 3 is 2.19 bits per heavy atom. The predicted octanol–water partition coefficient (Wildman–Crippen LogP) is 8.17. The van der Waals surface area contributed by atoms with Gasteiger partial charge in [-0.05, 0) is 92.0 Å². The number of benzene rings is 3. The predicted molar refractivity (Wildman–Crippen MR) is 190 cm³/mol. The topological polar surface area (TPSA) is 103 Å². The van der Waals surface area contributed by atoms with Crippen LogP contribution in [0.25, 0.3) is 0 Å². The van der Waals surface area contributed by atoms with Crippen LogP contribution in [-0.2, 0) is 33.8 Å². The van der Waals surface area contributed by atoms with E-state index in [4.69, 9.17) is 18.6 Å². The summed E-state index contributed by atoms with van der Waals surface area (Å²) in [5, 5.41) is 3.38. The molecule has 0 saturated heterocycles. The number of carbonyl (C=O) groups is 3. The number of methoxy groups -OCH3 is 1. The third-order valence-electron chi connectivity index (χ3n) is 8.80. The van der Waals surface area contributed by atoms with Gasteiger partial charge in [0.25, 0.3) is 8.32 Å². The second kappa shape index (κ2) is 14.8. The van der Waals surface area contributed by atoms with Crippen LogP contribution in [0.5, 0.6) is 11.5 Å². The fourth-order valence-electron chi connectivity index (χ4n) is 5.06. The minimum absolute atomic E-state index is 0.000641. The van der Waals surface area contributed by atoms with Crippen molar-refractivity contribution in [1.82, 2.24) is 4.90 Å². The summed E-state index contributed by atoms with van der Waals surface area (Å²) in [5.41, 5.74) is 3.46. The molecule has 0 saturated carbocycles. The monoisotopic (exact) mass is 674 g/mol. The SMILES string of the molecule is COC(=O)[C@@H]1Cc2cc(NCCC(=O)c3ccc(OCc4ccccc4)cc3)c(O[Si](C)(C)C(C)(C)C)cc2CN1C(=O)OC(C)(C)C. The molecule has 0 aromatic heterocycles. The molecular weight excluding hydrogens is 625 g/mol. The van der Waals surface area contributed by atoms with Crippen molar-refractivity contribution < 1.29 is 33.0 Å². The van der Waals surface area contributed by atoms with Crippen LogP contribution in [0.3, 0.4) is 0 Å².